The van der Waals surface area contributed by atoms with Crippen LogP contribution in [0.2, 0.25) is 0 Å². The summed E-state index contributed by atoms with van der Waals surface area (Å²) in [7, 11) is -3.83. The highest BCUT2D eigenvalue weighted by Gasteiger charge is 2.28. The van der Waals surface area contributed by atoms with E-state index >= 15 is 0 Å². The average Bonchev–Trinajstić information content (AvgIpc) is 2.82. The van der Waals surface area contributed by atoms with E-state index in [-0.39, 0.29) is 22.7 Å². The van der Waals surface area contributed by atoms with Gasteiger partial charge in [-0.15, -0.1) is 0 Å². The summed E-state index contributed by atoms with van der Waals surface area (Å²) in [6.07, 6.45) is 0.609. The molecule has 33 heavy (non-hydrogen) atoms. The fourth-order valence-corrected chi connectivity index (χ4v) is 5.05. The third kappa shape index (κ3) is 5.27. The summed E-state index contributed by atoms with van der Waals surface area (Å²) in [5.74, 6) is -2.00. The van der Waals surface area contributed by atoms with Crippen LogP contribution in [-0.4, -0.2) is 37.8 Å². The Morgan fingerprint density at radius 2 is 1.73 bits per heavy atom. The van der Waals surface area contributed by atoms with E-state index in [0.717, 1.165) is 17.2 Å². The summed E-state index contributed by atoms with van der Waals surface area (Å²) in [4.78, 5) is 24.4. The molecule has 0 radical (unpaired) electrons. The van der Waals surface area contributed by atoms with Crippen molar-refractivity contribution in [1.82, 2.24) is 4.31 Å². The van der Waals surface area contributed by atoms with E-state index in [2.05, 4.69) is 5.32 Å². The predicted octanol–water partition coefficient (Wildman–Crippen LogP) is 3.37. The molecule has 1 aliphatic rings. The summed E-state index contributed by atoms with van der Waals surface area (Å²) in [6, 6.07) is 18.5. The summed E-state index contributed by atoms with van der Waals surface area (Å²) in [5, 5.41) is 2.42. The van der Waals surface area contributed by atoms with Gasteiger partial charge in [0.05, 0.1) is 10.5 Å². The van der Waals surface area contributed by atoms with Crippen LogP contribution >= 0.6 is 0 Å². The number of hydrogen-bond acceptors (Lipinski definition) is 5. The fourth-order valence-electron chi connectivity index (χ4n) is 3.59. The van der Waals surface area contributed by atoms with Crippen molar-refractivity contribution in [2.24, 2.45) is 0 Å². The number of hydrogen-bond donors (Lipinski definition) is 1. The number of nitrogens with zero attached hydrogens (tertiary/aromatic N) is 1. The zero-order valence-electron chi connectivity index (χ0n) is 17.5. The van der Waals surface area contributed by atoms with Gasteiger partial charge in [-0.1, -0.05) is 36.4 Å². The van der Waals surface area contributed by atoms with Crippen LogP contribution < -0.4 is 5.32 Å². The minimum Gasteiger partial charge on any atom is -0.452 e. The van der Waals surface area contributed by atoms with Gasteiger partial charge in [0.1, 0.15) is 5.82 Å². The monoisotopic (exact) mass is 468 g/mol. The fraction of sp³-hybridized carbons (Fsp3) is 0.167. The first-order chi connectivity index (χ1) is 15.8. The molecule has 0 atom stereocenters. The third-order valence-corrected chi connectivity index (χ3v) is 7.09. The van der Waals surface area contributed by atoms with E-state index in [9.17, 15) is 22.4 Å². The smallest absolute Gasteiger partial charge is 0.338 e. The van der Waals surface area contributed by atoms with Gasteiger partial charge in [-0.25, -0.2) is 17.6 Å². The van der Waals surface area contributed by atoms with Crippen molar-refractivity contribution >= 4 is 27.6 Å². The van der Waals surface area contributed by atoms with Gasteiger partial charge in [0.25, 0.3) is 5.91 Å². The third-order valence-electron chi connectivity index (χ3n) is 5.25. The van der Waals surface area contributed by atoms with Gasteiger partial charge in [-0.05, 0) is 53.9 Å². The SMILES string of the molecule is O=C(COC(=O)c1cccc(S(=O)(=O)N2CCc3ccccc3C2)c1)Nc1cccc(F)c1. The quantitative estimate of drug-likeness (QED) is 0.560. The number of carbonyl (C=O) groups is 2. The van der Waals surface area contributed by atoms with Crippen LogP contribution in [-0.2, 0) is 32.5 Å². The Bertz CT molecular complexity index is 1310. The van der Waals surface area contributed by atoms with Crippen molar-refractivity contribution in [1.29, 1.82) is 0 Å². The number of amides is 1. The molecule has 7 nitrogen and oxygen atoms in total. The van der Waals surface area contributed by atoms with Gasteiger partial charge in [-0.2, -0.15) is 4.31 Å². The van der Waals surface area contributed by atoms with Crippen LogP contribution in [0.5, 0.6) is 0 Å². The summed E-state index contributed by atoms with van der Waals surface area (Å²) in [6.45, 7) is -0.00304. The topological polar surface area (TPSA) is 92.8 Å². The predicted molar refractivity (Wildman–Crippen MR) is 119 cm³/mol. The highest BCUT2D eigenvalue weighted by Crippen LogP contribution is 2.25. The van der Waals surface area contributed by atoms with Crippen molar-refractivity contribution in [3.8, 4) is 0 Å². The van der Waals surface area contributed by atoms with E-state index in [1.807, 2.05) is 24.3 Å². The number of halogens is 1. The molecule has 0 aromatic heterocycles. The maximum atomic E-state index is 13.2. The lowest BCUT2D eigenvalue weighted by molar-refractivity contribution is -0.119. The molecular formula is C24H21FN2O5S. The van der Waals surface area contributed by atoms with Gasteiger partial charge in [-0.3, -0.25) is 4.79 Å². The standard InChI is InChI=1S/C24H21FN2O5S/c25-20-8-4-9-21(14-20)26-23(28)16-32-24(29)18-7-3-10-22(13-18)33(30,31)27-12-11-17-5-1-2-6-19(17)15-27/h1-10,13-14H,11-12,15-16H2,(H,26,28). The largest absolute Gasteiger partial charge is 0.452 e. The van der Waals surface area contributed by atoms with Gasteiger partial charge in [0, 0.05) is 18.8 Å². The maximum absolute atomic E-state index is 13.2. The molecule has 9 heteroatoms. The average molecular weight is 469 g/mol. The molecule has 3 aromatic carbocycles. The number of fused-ring (bicyclic) bond motifs is 1. The first-order valence-electron chi connectivity index (χ1n) is 10.2. The number of esters is 1. The molecular weight excluding hydrogens is 447 g/mol. The number of carbonyl (C=O) groups excluding carboxylic acids is 2. The van der Waals surface area contributed by atoms with E-state index < -0.39 is 34.3 Å². The van der Waals surface area contributed by atoms with Gasteiger partial charge in [0.15, 0.2) is 6.61 Å². The number of rotatable bonds is 6. The van der Waals surface area contributed by atoms with Crippen molar-refractivity contribution < 1.29 is 27.1 Å². The molecule has 0 spiro atoms. The Morgan fingerprint density at radius 1 is 0.970 bits per heavy atom. The molecule has 1 N–H and O–H groups in total. The molecule has 0 aliphatic carbocycles. The zero-order valence-corrected chi connectivity index (χ0v) is 18.3. The van der Waals surface area contributed by atoms with Crippen molar-refractivity contribution in [2.45, 2.75) is 17.9 Å². The van der Waals surface area contributed by atoms with Crippen LogP contribution in [0, 0.1) is 5.82 Å². The zero-order chi connectivity index (χ0) is 23.4. The summed E-state index contributed by atoms with van der Waals surface area (Å²) >= 11 is 0. The number of sulfonamides is 1. The number of ether oxygens (including phenoxy) is 1. The van der Waals surface area contributed by atoms with Crippen LogP contribution in [0.25, 0.3) is 0 Å². The minimum atomic E-state index is -3.83. The summed E-state index contributed by atoms with van der Waals surface area (Å²) in [5.41, 5.74) is 2.31. The van der Waals surface area contributed by atoms with Crippen LogP contribution in [0.1, 0.15) is 21.5 Å². The van der Waals surface area contributed by atoms with Crippen molar-refractivity contribution in [3.63, 3.8) is 0 Å². The Hall–Kier alpha value is -3.56. The molecule has 4 rings (SSSR count). The Kier molecular flexibility index (Phi) is 6.52. The van der Waals surface area contributed by atoms with Crippen LogP contribution in [0.15, 0.2) is 77.7 Å². The molecule has 170 valence electrons. The molecule has 1 heterocycles. The lowest BCUT2D eigenvalue weighted by atomic mass is 10.0. The lowest BCUT2D eigenvalue weighted by Gasteiger charge is -2.28. The second kappa shape index (κ2) is 9.51. The number of nitrogens with one attached hydrogen (secondary N) is 1. The van der Waals surface area contributed by atoms with Crippen molar-refractivity contribution in [3.05, 3.63) is 95.3 Å². The molecule has 0 bridgehead atoms. The van der Waals surface area contributed by atoms with E-state index in [4.69, 9.17) is 4.74 Å². The Morgan fingerprint density at radius 3 is 2.52 bits per heavy atom. The Balaban J connectivity index is 1.41. The van der Waals surface area contributed by atoms with E-state index in [1.54, 1.807) is 0 Å². The first-order valence-corrected chi connectivity index (χ1v) is 11.7. The molecule has 0 saturated heterocycles. The minimum absolute atomic E-state index is 0.00652. The molecule has 3 aromatic rings. The molecule has 1 amide bonds. The molecule has 0 unspecified atom stereocenters. The van der Waals surface area contributed by atoms with Crippen LogP contribution in [0.4, 0.5) is 10.1 Å². The van der Waals surface area contributed by atoms with Gasteiger partial charge in [0.2, 0.25) is 10.0 Å². The van der Waals surface area contributed by atoms with Gasteiger partial charge >= 0.3 is 5.97 Å². The second-order valence-electron chi connectivity index (χ2n) is 7.52. The maximum Gasteiger partial charge on any atom is 0.338 e. The highest BCUT2D eigenvalue weighted by molar-refractivity contribution is 7.89. The second-order valence-corrected chi connectivity index (χ2v) is 9.46. The van der Waals surface area contributed by atoms with E-state index in [1.165, 1.54) is 46.8 Å². The van der Waals surface area contributed by atoms with E-state index in [0.29, 0.717) is 13.0 Å². The first kappa shape index (κ1) is 22.6. The van der Waals surface area contributed by atoms with Gasteiger partial charge < -0.3 is 10.1 Å². The molecule has 0 fully saturated rings. The normalized spacial score (nSPS) is 13.7. The Labute approximate surface area is 190 Å². The molecule has 1 aliphatic heterocycles. The van der Waals surface area contributed by atoms with Crippen molar-refractivity contribution in [2.75, 3.05) is 18.5 Å². The molecule has 0 saturated carbocycles. The number of benzene rings is 3. The highest BCUT2D eigenvalue weighted by atomic mass is 32.2. The summed E-state index contributed by atoms with van der Waals surface area (Å²) < 4.78 is 45.9. The number of anilines is 1. The lowest BCUT2D eigenvalue weighted by Crippen LogP contribution is -2.36. The van der Waals surface area contributed by atoms with Crippen LogP contribution in [0.3, 0.4) is 0 Å².